The number of hydrogen-bond donors (Lipinski definition) is 1. The van der Waals surface area contributed by atoms with Crippen LogP contribution in [0.2, 0.25) is 0 Å². The molecule has 7 heteroatoms. The third-order valence-corrected chi connectivity index (χ3v) is 6.44. The minimum absolute atomic E-state index is 0. The lowest BCUT2D eigenvalue weighted by molar-refractivity contribution is 1.16. The maximum absolute atomic E-state index is 5.52. The molecule has 0 amide bonds. The summed E-state index contributed by atoms with van der Waals surface area (Å²) in [6, 6.07) is 18.5. The summed E-state index contributed by atoms with van der Waals surface area (Å²) in [7, 11) is 0. The SMILES string of the molecule is C#Cc1cc2ncnc(Nc3ccc4sc(Cc5ccccc5)nc4c3)c2s1.Cl. The van der Waals surface area contributed by atoms with Crippen molar-refractivity contribution in [3.63, 3.8) is 0 Å². The summed E-state index contributed by atoms with van der Waals surface area (Å²) in [5.41, 5.74) is 4.06. The second-order valence-electron chi connectivity index (χ2n) is 6.27. The first kappa shape index (κ1) is 19.3. The van der Waals surface area contributed by atoms with Crippen molar-refractivity contribution in [2.45, 2.75) is 6.42 Å². The number of fused-ring (bicyclic) bond motifs is 2. The van der Waals surface area contributed by atoms with E-state index >= 15 is 0 Å². The monoisotopic (exact) mass is 434 g/mol. The minimum atomic E-state index is 0. The molecule has 1 N–H and O–H groups in total. The average Bonchev–Trinajstić information content (AvgIpc) is 3.32. The molecule has 0 saturated carbocycles. The molecule has 0 radical (unpaired) electrons. The van der Waals surface area contributed by atoms with E-state index in [1.54, 1.807) is 17.7 Å². The van der Waals surface area contributed by atoms with Gasteiger partial charge in [-0.3, -0.25) is 0 Å². The standard InChI is InChI=1S/C22H14N4S2.ClH/c1-2-16-12-18-21(27-16)22(24-13-23-18)25-15-8-9-19-17(11-15)26-20(28-19)10-14-6-4-3-5-7-14;/h1,3-9,11-13H,10H2,(H,23,24,25);1H. The lowest BCUT2D eigenvalue weighted by Crippen LogP contribution is -1.94. The van der Waals surface area contributed by atoms with Crippen LogP contribution >= 0.6 is 35.1 Å². The van der Waals surface area contributed by atoms with E-state index in [4.69, 9.17) is 11.4 Å². The highest BCUT2D eigenvalue weighted by molar-refractivity contribution is 7.20. The van der Waals surface area contributed by atoms with Gasteiger partial charge < -0.3 is 5.32 Å². The van der Waals surface area contributed by atoms with E-state index in [-0.39, 0.29) is 12.4 Å². The topological polar surface area (TPSA) is 50.7 Å². The summed E-state index contributed by atoms with van der Waals surface area (Å²) in [5.74, 6) is 3.43. The third-order valence-electron chi connectivity index (χ3n) is 4.35. The highest BCUT2D eigenvalue weighted by atomic mass is 35.5. The molecule has 0 spiro atoms. The maximum atomic E-state index is 5.52. The number of halogens is 1. The van der Waals surface area contributed by atoms with Crippen molar-refractivity contribution in [3.8, 4) is 12.3 Å². The number of thiophene rings is 1. The van der Waals surface area contributed by atoms with Crippen LogP contribution in [0.25, 0.3) is 20.4 Å². The molecule has 4 nitrogen and oxygen atoms in total. The van der Waals surface area contributed by atoms with Crippen molar-refractivity contribution < 1.29 is 0 Å². The fourth-order valence-corrected chi connectivity index (χ4v) is 4.90. The van der Waals surface area contributed by atoms with Gasteiger partial charge in [0, 0.05) is 12.1 Å². The molecule has 5 rings (SSSR count). The molecule has 0 aliphatic rings. The van der Waals surface area contributed by atoms with Gasteiger partial charge in [0.05, 0.1) is 30.3 Å². The van der Waals surface area contributed by atoms with Gasteiger partial charge in [-0.15, -0.1) is 41.5 Å². The molecule has 0 aliphatic carbocycles. The fraction of sp³-hybridized carbons (Fsp3) is 0.0455. The van der Waals surface area contributed by atoms with Gasteiger partial charge in [0.2, 0.25) is 0 Å². The van der Waals surface area contributed by atoms with Crippen LogP contribution < -0.4 is 5.32 Å². The Morgan fingerprint density at radius 1 is 0.966 bits per heavy atom. The smallest absolute Gasteiger partial charge is 0.151 e. The molecular formula is C22H15ClN4S2. The predicted octanol–water partition coefficient (Wildman–Crippen LogP) is 6.04. The highest BCUT2D eigenvalue weighted by Gasteiger charge is 2.10. The molecule has 3 aromatic heterocycles. The van der Waals surface area contributed by atoms with Crippen LogP contribution in [-0.2, 0) is 6.42 Å². The number of anilines is 2. The Morgan fingerprint density at radius 3 is 2.66 bits per heavy atom. The zero-order valence-corrected chi connectivity index (χ0v) is 17.6. The lowest BCUT2D eigenvalue weighted by atomic mass is 10.2. The Morgan fingerprint density at radius 2 is 1.83 bits per heavy atom. The summed E-state index contributed by atoms with van der Waals surface area (Å²) < 4.78 is 2.13. The second-order valence-corrected chi connectivity index (χ2v) is 8.44. The Kier molecular flexibility index (Phi) is 5.45. The lowest BCUT2D eigenvalue weighted by Gasteiger charge is -2.05. The van der Waals surface area contributed by atoms with Gasteiger partial charge in [0.15, 0.2) is 5.82 Å². The van der Waals surface area contributed by atoms with Gasteiger partial charge >= 0.3 is 0 Å². The molecule has 2 aromatic carbocycles. The van der Waals surface area contributed by atoms with Crippen molar-refractivity contribution in [1.82, 2.24) is 15.0 Å². The maximum Gasteiger partial charge on any atom is 0.151 e. The van der Waals surface area contributed by atoms with E-state index in [1.165, 1.54) is 21.6 Å². The number of aromatic nitrogens is 3. The van der Waals surface area contributed by atoms with Crippen LogP contribution in [0.5, 0.6) is 0 Å². The van der Waals surface area contributed by atoms with Crippen LogP contribution in [0.15, 0.2) is 60.9 Å². The number of thiazole rings is 1. The zero-order valence-electron chi connectivity index (χ0n) is 15.1. The van der Waals surface area contributed by atoms with E-state index in [9.17, 15) is 0 Å². The first-order valence-corrected chi connectivity index (χ1v) is 10.3. The number of nitrogens with one attached hydrogen (secondary N) is 1. The summed E-state index contributed by atoms with van der Waals surface area (Å²) >= 11 is 3.25. The van der Waals surface area contributed by atoms with Gasteiger partial charge in [-0.2, -0.15) is 0 Å². The summed E-state index contributed by atoms with van der Waals surface area (Å²) in [4.78, 5) is 14.3. The van der Waals surface area contributed by atoms with Crippen LogP contribution in [0.4, 0.5) is 11.5 Å². The number of terminal acetylenes is 1. The molecule has 0 fully saturated rings. The first-order chi connectivity index (χ1) is 13.8. The molecule has 0 aliphatic heterocycles. The molecule has 5 aromatic rings. The fourth-order valence-electron chi connectivity index (χ4n) is 3.05. The van der Waals surface area contributed by atoms with Gasteiger partial charge in [0.25, 0.3) is 0 Å². The largest absolute Gasteiger partial charge is 0.339 e. The molecule has 0 atom stereocenters. The van der Waals surface area contributed by atoms with E-state index in [1.807, 2.05) is 12.1 Å². The summed E-state index contributed by atoms with van der Waals surface area (Å²) in [6.45, 7) is 0. The van der Waals surface area contributed by atoms with Gasteiger partial charge in [-0.1, -0.05) is 36.3 Å². The van der Waals surface area contributed by atoms with Gasteiger partial charge in [-0.05, 0) is 29.8 Å². The Bertz CT molecular complexity index is 1340. The van der Waals surface area contributed by atoms with Crippen LogP contribution in [-0.4, -0.2) is 15.0 Å². The Balaban J connectivity index is 0.00000205. The van der Waals surface area contributed by atoms with Crippen molar-refractivity contribution in [1.29, 1.82) is 0 Å². The van der Waals surface area contributed by atoms with Gasteiger partial charge in [-0.25, -0.2) is 15.0 Å². The normalized spacial score (nSPS) is 10.6. The van der Waals surface area contributed by atoms with Gasteiger partial charge in [0.1, 0.15) is 6.33 Å². The number of nitrogens with zero attached hydrogens (tertiary/aromatic N) is 3. The van der Waals surface area contributed by atoms with Crippen LogP contribution in [0.1, 0.15) is 15.4 Å². The second kappa shape index (κ2) is 8.18. The summed E-state index contributed by atoms with van der Waals surface area (Å²) in [5, 5.41) is 4.50. The Labute approximate surface area is 182 Å². The van der Waals surface area contributed by atoms with E-state index < -0.39 is 0 Å². The highest BCUT2D eigenvalue weighted by Crippen LogP contribution is 2.32. The van der Waals surface area contributed by atoms with Crippen molar-refractivity contribution in [2.24, 2.45) is 0 Å². The van der Waals surface area contributed by atoms with Crippen molar-refractivity contribution in [3.05, 3.63) is 76.4 Å². The summed E-state index contributed by atoms with van der Waals surface area (Å²) in [6.07, 6.45) is 7.92. The third kappa shape index (κ3) is 3.94. The predicted molar refractivity (Wildman–Crippen MR) is 125 cm³/mol. The molecule has 0 saturated heterocycles. The minimum Gasteiger partial charge on any atom is -0.339 e. The van der Waals surface area contributed by atoms with E-state index in [2.05, 4.69) is 63.7 Å². The van der Waals surface area contributed by atoms with Crippen LogP contribution in [0.3, 0.4) is 0 Å². The average molecular weight is 435 g/mol. The molecular weight excluding hydrogens is 420 g/mol. The zero-order chi connectivity index (χ0) is 18.9. The van der Waals surface area contributed by atoms with Crippen molar-refractivity contribution in [2.75, 3.05) is 5.32 Å². The first-order valence-electron chi connectivity index (χ1n) is 8.70. The molecule has 3 heterocycles. The number of rotatable bonds is 4. The van der Waals surface area contributed by atoms with E-state index in [0.29, 0.717) is 0 Å². The van der Waals surface area contributed by atoms with Crippen LogP contribution in [0, 0.1) is 12.3 Å². The van der Waals surface area contributed by atoms with E-state index in [0.717, 1.165) is 43.5 Å². The Hall–Kier alpha value is -2.98. The van der Waals surface area contributed by atoms with Crippen molar-refractivity contribution >= 4 is 67.0 Å². The molecule has 0 bridgehead atoms. The quantitative estimate of drug-likeness (QED) is 0.350. The number of benzene rings is 2. The molecule has 0 unspecified atom stereocenters. The number of hydrogen-bond acceptors (Lipinski definition) is 6. The molecule has 29 heavy (non-hydrogen) atoms. The molecule has 142 valence electrons.